The Balaban J connectivity index is 1.81. The third-order valence-corrected chi connectivity index (χ3v) is 5.68. The van der Waals surface area contributed by atoms with E-state index in [1.54, 1.807) is 0 Å². The fourth-order valence-electron chi connectivity index (χ4n) is 4.86. The van der Waals surface area contributed by atoms with Crippen LogP contribution in [0.15, 0.2) is 18.2 Å². The van der Waals surface area contributed by atoms with Crippen molar-refractivity contribution in [3.05, 3.63) is 34.9 Å². The van der Waals surface area contributed by atoms with Gasteiger partial charge in [-0.15, -0.1) is 0 Å². The maximum atomic E-state index is 12.8. The van der Waals surface area contributed by atoms with Gasteiger partial charge >= 0.3 is 0 Å². The molecule has 2 saturated carbocycles. The maximum absolute atomic E-state index is 12.8. The Labute approximate surface area is 119 Å². The van der Waals surface area contributed by atoms with E-state index in [4.69, 9.17) is 0 Å². The van der Waals surface area contributed by atoms with Gasteiger partial charge in [0, 0.05) is 23.0 Å². The highest BCUT2D eigenvalue weighted by Crippen LogP contribution is 2.56. The SMILES string of the molecule is CCCc1ccc2c(c1)C(=O)C1C3CCC(C3)C1C2=O. The fraction of sp³-hybridized carbons (Fsp3) is 0.556. The van der Waals surface area contributed by atoms with E-state index in [0.29, 0.717) is 17.4 Å². The minimum Gasteiger partial charge on any atom is -0.294 e. The predicted octanol–water partition coefficient (Wildman–Crippen LogP) is 3.68. The minimum atomic E-state index is 0.00521. The predicted molar refractivity (Wildman–Crippen MR) is 76.9 cm³/mol. The quantitative estimate of drug-likeness (QED) is 0.820. The van der Waals surface area contributed by atoms with Crippen molar-refractivity contribution in [2.24, 2.45) is 23.7 Å². The summed E-state index contributed by atoms with van der Waals surface area (Å²) < 4.78 is 0. The molecule has 2 bridgehead atoms. The van der Waals surface area contributed by atoms with E-state index < -0.39 is 0 Å². The second-order valence-electron chi connectivity index (χ2n) is 6.74. The van der Waals surface area contributed by atoms with E-state index in [2.05, 4.69) is 6.92 Å². The molecule has 3 aliphatic rings. The summed E-state index contributed by atoms with van der Waals surface area (Å²) in [5.41, 5.74) is 2.60. The molecule has 0 spiro atoms. The molecule has 4 atom stereocenters. The zero-order valence-electron chi connectivity index (χ0n) is 11.9. The number of aryl methyl sites for hydroxylation is 1. The Morgan fingerprint density at radius 1 is 1.00 bits per heavy atom. The molecule has 2 heteroatoms. The normalized spacial score (nSPS) is 34.2. The lowest BCUT2D eigenvalue weighted by atomic mass is 9.67. The van der Waals surface area contributed by atoms with Gasteiger partial charge in [0.1, 0.15) is 0 Å². The molecular formula is C18H20O2. The van der Waals surface area contributed by atoms with Crippen molar-refractivity contribution in [1.29, 1.82) is 0 Å². The van der Waals surface area contributed by atoms with Crippen LogP contribution in [0.1, 0.15) is 58.9 Å². The lowest BCUT2D eigenvalue weighted by molar-refractivity contribution is 0.0661. The van der Waals surface area contributed by atoms with Crippen LogP contribution in [0.4, 0.5) is 0 Å². The van der Waals surface area contributed by atoms with E-state index >= 15 is 0 Å². The highest BCUT2D eigenvalue weighted by atomic mass is 16.1. The van der Waals surface area contributed by atoms with Gasteiger partial charge in [0.25, 0.3) is 0 Å². The summed E-state index contributed by atoms with van der Waals surface area (Å²) in [7, 11) is 0. The zero-order valence-corrected chi connectivity index (χ0v) is 11.9. The molecule has 104 valence electrons. The molecule has 4 rings (SSSR count). The summed E-state index contributed by atoms with van der Waals surface area (Å²) in [6, 6.07) is 5.92. The van der Waals surface area contributed by atoms with Gasteiger partial charge in [0.2, 0.25) is 0 Å². The average Bonchev–Trinajstić information content (AvgIpc) is 3.06. The molecule has 0 aliphatic heterocycles. The molecule has 4 unspecified atom stereocenters. The van der Waals surface area contributed by atoms with Crippen molar-refractivity contribution in [2.45, 2.75) is 39.0 Å². The van der Waals surface area contributed by atoms with Gasteiger partial charge in [-0.2, -0.15) is 0 Å². The molecular weight excluding hydrogens is 248 g/mol. The maximum Gasteiger partial charge on any atom is 0.167 e. The average molecular weight is 268 g/mol. The monoisotopic (exact) mass is 268 g/mol. The molecule has 20 heavy (non-hydrogen) atoms. The molecule has 0 aromatic heterocycles. The first-order valence-corrected chi connectivity index (χ1v) is 7.92. The lowest BCUT2D eigenvalue weighted by Crippen LogP contribution is -2.40. The van der Waals surface area contributed by atoms with Crippen LogP contribution in [0.2, 0.25) is 0 Å². The molecule has 0 N–H and O–H groups in total. The van der Waals surface area contributed by atoms with Crippen LogP contribution in [0.5, 0.6) is 0 Å². The van der Waals surface area contributed by atoms with E-state index in [0.717, 1.165) is 37.7 Å². The first-order valence-electron chi connectivity index (χ1n) is 7.92. The van der Waals surface area contributed by atoms with Crippen LogP contribution in [0.3, 0.4) is 0 Å². The molecule has 1 aromatic rings. The summed E-state index contributed by atoms with van der Waals surface area (Å²) >= 11 is 0. The topological polar surface area (TPSA) is 34.1 Å². The number of hydrogen-bond donors (Lipinski definition) is 0. The van der Waals surface area contributed by atoms with Gasteiger partial charge in [-0.05, 0) is 49.1 Å². The highest BCUT2D eigenvalue weighted by molar-refractivity contribution is 6.16. The molecule has 0 heterocycles. The molecule has 1 aromatic carbocycles. The van der Waals surface area contributed by atoms with Crippen LogP contribution in [0, 0.1) is 23.7 Å². The number of benzene rings is 1. The minimum absolute atomic E-state index is 0.00521. The summed E-state index contributed by atoms with van der Waals surface area (Å²) in [5, 5.41) is 0. The van der Waals surface area contributed by atoms with Gasteiger partial charge < -0.3 is 0 Å². The Hall–Kier alpha value is -1.44. The third-order valence-electron chi connectivity index (χ3n) is 5.68. The second-order valence-corrected chi connectivity index (χ2v) is 6.74. The van der Waals surface area contributed by atoms with Crippen LogP contribution < -0.4 is 0 Å². The van der Waals surface area contributed by atoms with E-state index in [1.807, 2.05) is 18.2 Å². The van der Waals surface area contributed by atoms with E-state index in [1.165, 1.54) is 5.56 Å². The van der Waals surface area contributed by atoms with E-state index in [9.17, 15) is 9.59 Å². The van der Waals surface area contributed by atoms with Gasteiger partial charge in [0.05, 0.1) is 0 Å². The molecule has 2 fully saturated rings. The van der Waals surface area contributed by atoms with Crippen LogP contribution in [-0.4, -0.2) is 11.6 Å². The highest BCUT2D eigenvalue weighted by Gasteiger charge is 2.56. The molecule has 0 amide bonds. The van der Waals surface area contributed by atoms with Gasteiger partial charge in [-0.1, -0.05) is 25.5 Å². The van der Waals surface area contributed by atoms with Crippen molar-refractivity contribution in [3.63, 3.8) is 0 Å². The molecule has 0 radical (unpaired) electrons. The number of fused-ring (bicyclic) bond motifs is 6. The summed E-state index contributed by atoms with van der Waals surface area (Å²) in [6.07, 6.45) is 5.44. The Bertz CT molecular complexity index is 601. The van der Waals surface area contributed by atoms with Crippen molar-refractivity contribution < 1.29 is 9.59 Å². The first kappa shape index (κ1) is 12.3. The third kappa shape index (κ3) is 1.51. The van der Waals surface area contributed by atoms with E-state index in [-0.39, 0.29) is 23.4 Å². The van der Waals surface area contributed by atoms with Crippen molar-refractivity contribution in [1.82, 2.24) is 0 Å². The van der Waals surface area contributed by atoms with Crippen molar-refractivity contribution in [2.75, 3.05) is 0 Å². The second kappa shape index (κ2) is 4.28. The Kier molecular flexibility index (Phi) is 2.63. The van der Waals surface area contributed by atoms with Gasteiger partial charge in [0.15, 0.2) is 11.6 Å². The van der Waals surface area contributed by atoms with Gasteiger partial charge in [-0.25, -0.2) is 0 Å². The molecule has 2 nitrogen and oxygen atoms in total. The Morgan fingerprint density at radius 3 is 2.30 bits per heavy atom. The largest absolute Gasteiger partial charge is 0.294 e. The summed E-state index contributed by atoms with van der Waals surface area (Å²) in [4.78, 5) is 25.6. The summed E-state index contributed by atoms with van der Waals surface area (Å²) in [6.45, 7) is 2.14. The van der Waals surface area contributed by atoms with Gasteiger partial charge in [-0.3, -0.25) is 9.59 Å². The number of hydrogen-bond acceptors (Lipinski definition) is 2. The van der Waals surface area contributed by atoms with Crippen molar-refractivity contribution in [3.8, 4) is 0 Å². The number of carbonyl (C=O) groups excluding carboxylic acids is 2. The standard InChI is InChI=1S/C18H20O2/c1-2-3-10-4-7-13-14(8-10)18(20)16-12-6-5-11(9-12)15(16)17(13)19/h4,7-8,11-12,15-16H,2-3,5-6,9H2,1H3. The number of carbonyl (C=O) groups is 2. The Morgan fingerprint density at radius 2 is 1.65 bits per heavy atom. The van der Waals surface area contributed by atoms with Crippen molar-refractivity contribution >= 4 is 11.6 Å². The lowest BCUT2D eigenvalue weighted by Gasteiger charge is -2.33. The smallest absolute Gasteiger partial charge is 0.167 e. The number of Topliss-reactive ketones (excluding diaryl/α,β-unsaturated/α-hetero) is 2. The zero-order chi connectivity index (χ0) is 13.9. The van der Waals surface area contributed by atoms with Crippen LogP contribution >= 0.6 is 0 Å². The van der Waals surface area contributed by atoms with Crippen LogP contribution in [-0.2, 0) is 6.42 Å². The summed E-state index contributed by atoms with van der Waals surface area (Å²) in [5.74, 6) is 1.47. The first-order chi connectivity index (χ1) is 9.70. The van der Waals surface area contributed by atoms with Crippen LogP contribution in [0.25, 0.3) is 0 Å². The molecule has 0 saturated heterocycles. The fourth-order valence-corrected chi connectivity index (χ4v) is 4.86. The number of rotatable bonds is 2. The molecule has 3 aliphatic carbocycles. The number of ketones is 2.